The van der Waals surface area contributed by atoms with Gasteiger partial charge in [-0.05, 0) is 23.8 Å². The Bertz CT molecular complexity index is 593. The van der Waals surface area contributed by atoms with E-state index < -0.39 is 0 Å². The zero-order chi connectivity index (χ0) is 15.1. The maximum atomic E-state index is 11.6. The Balaban J connectivity index is 2.05. The molecule has 0 saturated heterocycles. The van der Waals surface area contributed by atoms with Crippen LogP contribution in [0.5, 0.6) is 5.75 Å². The first kappa shape index (κ1) is 15.1. The van der Waals surface area contributed by atoms with E-state index in [1.165, 1.54) is 7.11 Å². The monoisotopic (exact) mass is 286 g/mol. The molecule has 2 aromatic carbocycles. The molecule has 0 aliphatic carbocycles. The van der Waals surface area contributed by atoms with Crippen molar-refractivity contribution in [2.24, 2.45) is 0 Å². The highest BCUT2D eigenvalue weighted by Crippen LogP contribution is 2.21. The van der Waals surface area contributed by atoms with Gasteiger partial charge in [-0.15, -0.1) is 0 Å². The van der Waals surface area contributed by atoms with Crippen LogP contribution in [-0.4, -0.2) is 20.2 Å². The van der Waals surface area contributed by atoms with Crippen LogP contribution in [0.3, 0.4) is 0 Å². The van der Waals surface area contributed by atoms with Gasteiger partial charge in [-0.1, -0.05) is 30.3 Å². The third kappa shape index (κ3) is 4.07. The molecule has 0 bridgehead atoms. The second kappa shape index (κ2) is 7.45. The van der Waals surface area contributed by atoms with Crippen molar-refractivity contribution in [3.63, 3.8) is 0 Å². The minimum atomic E-state index is -0.373. The number of ether oxygens (including phenoxy) is 3. The molecule has 110 valence electrons. The first-order chi connectivity index (χ1) is 10.2. The van der Waals surface area contributed by atoms with Gasteiger partial charge in [0.15, 0.2) is 0 Å². The standard InChI is InChI=1S/C17H18O4/c1-19-16-9-8-14(17(18)20-2)10-15(16)12-21-11-13-6-4-3-5-7-13/h3-10H,11-12H2,1-2H3. The molecule has 0 spiro atoms. The smallest absolute Gasteiger partial charge is 0.337 e. The van der Waals surface area contributed by atoms with Gasteiger partial charge in [-0.25, -0.2) is 4.79 Å². The molecule has 2 rings (SSSR count). The zero-order valence-corrected chi connectivity index (χ0v) is 12.2. The Morgan fingerprint density at radius 1 is 1.00 bits per heavy atom. The molecule has 0 saturated carbocycles. The van der Waals surface area contributed by atoms with Crippen LogP contribution in [-0.2, 0) is 22.7 Å². The number of hydrogen-bond donors (Lipinski definition) is 0. The summed E-state index contributed by atoms with van der Waals surface area (Å²) in [5, 5.41) is 0. The third-order valence-electron chi connectivity index (χ3n) is 3.07. The highest BCUT2D eigenvalue weighted by molar-refractivity contribution is 5.89. The van der Waals surface area contributed by atoms with Crippen LogP contribution in [0.15, 0.2) is 48.5 Å². The van der Waals surface area contributed by atoms with E-state index in [1.54, 1.807) is 25.3 Å². The van der Waals surface area contributed by atoms with Crippen molar-refractivity contribution >= 4 is 5.97 Å². The normalized spacial score (nSPS) is 10.2. The van der Waals surface area contributed by atoms with E-state index >= 15 is 0 Å². The number of carbonyl (C=O) groups excluding carboxylic acids is 1. The fourth-order valence-electron chi connectivity index (χ4n) is 1.99. The van der Waals surface area contributed by atoms with Gasteiger partial charge in [0.25, 0.3) is 0 Å². The molecule has 0 aliphatic rings. The van der Waals surface area contributed by atoms with E-state index in [9.17, 15) is 4.79 Å². The Morgan fingerprint density at radius 3 is 2.43 bits per heavy atom. The molecule has 0 atom stereocenters. The number of methoxy groups -OCH3 is 2. The molecule has 0 N–H and O–H groups in total. The van der Waals surface area contributed by atoms with Crippen molar-refractivity contribution in [3.05, 3.63) is 65.2 Å². The van der Waals surface area contributed by atoms with E-state index in [0.717, 1.165) is 11.1 Å². The van der Waals surface area contributed by atoms with Crippen molar-refractivity contribution < 1.29 is 19.0 Å². The highest BCUT2D eigenvalue weighted by atomic mass is 16.5. The molecule has 0 aliphatic heterocycles. The number of hydrogen-bond acceptors (Lipinski definition) is 4. The molecule has 21 heavy (non-hydrogen) atoms. The molecule has 2 aromatic rings. The topological polar surface area (TPSA) is 44.8 Å². The Labute approximate surface area is 124 Å². The molecule has 0 amide bonds. The zero-order valence-electron chi connectivity index (χ0n) is 12.2. The SMILES string of the molecule is COC(=O)c1ccc(OC)c(COCc2ccccc2)c1. The molecule has 4 heteroatoms. The lowest BCUT2D eigenvalue weighted by Gasteiger charge is -2.11. The van der Waals surface area contributed by atoms with Crippen LogP contribution in [0.25, 0.3) is 0 Å². The molecule has 0 radical (unpaired) electrons. The Kier molecular flexibility index (Phi) is 5.35. The van der Waals surface area contributed by atoms with Gasteiger partial charge in [-0.3, -0.25) is 0 Å². The second-order valence-corrected chi connectivity index (χ2v) is 4.50. The molecular weight excluding hydrogens is 268 g/mol. The van der Waals surface area contributed by atoms with Gasteiger partial charge in [-0.2, -0.15) is 0 Å². The van der Waals surface area contributed by atoms with Crippen molar-refractivity contribution in [2.45, 2.75) is 13.2 Å². The summed E-state index contributed by atoms with van der Waals surface area (Å²) in [5.41, 5.74) is 2.40. The van der Waals surface area contributed by atoms with Gasteiger partial charge in [0.1, 0.15) is 5.75 Å². The van der Waals surface area contributed by atoms with Crippen LogP contribution in [0, 0.1) is 0 Å². The number of esters is 1. The molecule has 0 fully saturated rings. The summed E-state index contributed by atoms with van der Waals surface area (Å²) >= 11 is 0. The van der Waals surface area contributed by atoms with Crippen molar-refractivity contribution in [1.29, 1.82) is 0 Å². The first-order valence-corrected chi connectivity index (χ1v) is 6.61. The molecular formula is C17H18O4. The summed E-state index contributed by atoms with van der Waals surface area (Å²) in [7, 11) is 2.95. The van der Waals surface area contributed by atoms with Crippen molar-refractivity contribution in [1.82, 2.24) is 0 Å². The van der Waals surface area contributed by atoms with Crippen LogP contribution in [0.2, 0.25) is 0 Å². The van der Waals surface area contributed by atoms with Gasteiger partial charge in [0.05, 0.1) is 33.0 Å². The summed E-state index contributed by atoms with van der Waals surface area (Å²) in [5.74, 6) is 0.317. The minimum Gasteiger partial charge on any atom is -0.496 e. The van der Waals surface area contributed by atoms with Gasteiger partial charge < -0.3 is 14.2 Å². The molecule has 0 aromatic heterocycles. The maximum Gasteiger partial charge on any atom is 0.337 e. The summed E-state index contributed by atoms with van der Waals surface area (Å²) in [6, 6.07) is 15.1. The summed E-state index contributed by atoms with van der Waals surface area (Å²) in [4.78, 5) is 11.6. The Morgan fingerprint density at radius 2 is 1.76 bits per heavy atom. The van der Waals surface area contributed by atoms with E-state index in [2.05, 4.69) is 0 Å². The molecule has 4 nitrogen and oxygen atoms in total. The van der Waals surface area contributed by atoms with Gasteiger partial charge in [0.2, 0.25) is 0 Å². The van der Waals surface area contributed by atoms with Crippen LogP contribution < -0.4 is 4.74 Å². The van der Waals surface area contributed by atoms with Gasteiger partial charge in [0, 0.05) is 5.56 Å². The van der Waals surface area contributed by atoms with Crippen LogP contribution >= 0.6 is 0 Å². The molecule has 0 heterocycles. The predicted molar refractivity (Wildman–Crippen MR) is 79.3 cm³/mol. The van der Waals surface area contributed by atoms with E-state index in [-0.39, 0.29) is 5.97 Å². The van der Waals surface area contributed by atoms with E-state index in [1.807, 2.05) is 30.3 Å². The highest BCUT2D eigenvalue weighted by Gasteiger charge is 2.10. The number of carbonyl (C=O) groups is 1. The number of benzene rings is 2. The lowest BCUT2D eigenvalue weighted by atomic mass is 10.1. The maximum absolute atomic E-state index is 11.6. The van der Waals surface area contributed by atoms with Crippen LogP contribution in [0.4, 0.5) is 0 Å². The van der Waals surface area contributed by atoms with Crippen LogP contribution in [0.1, 0.15) is 21.5 Å². The first-order valence-electron chi connectivity index (χ1n) is 6.61. The lowest BCUT2D eigenvalue weighted by Crippen LogP contribution is -2.04. The van der Waals surface area contributed by atoms with Crippen molar-refractivity contribution in [2.75, 3.05) is 14.2 Å². The quantitative estimate of drug-likeness (QED) is 0.765. The van der Waals surface area contributed by atoms with Crippen molar-refractivity contribution in [3.8, 4) is 5.75 Å². The summed E-state index contributed by atoms with van der Waals surface area (Å²) in [6.07, 6.45) is 0. The van der Waals surface area contributed by atoms with Gasteiger partial charge >= 0.3 is 5.97 Å². The second-order valence-electron chi connectivity index (χ2n) is 4.50. The predicted octanol–water partition coefficient (Wildman–Crippen LogP) is 3.20. The minimum absolute atomic E-state index is 0.364. The van der Waals surface area contributed by atoms with E-state index in [4.69, 9.17) is 14.2 Å². The number of rotatable bonds is 6. The largest absolute Gasteiger partial charge is 0.496 e. The Hall–Kier alpha value is -2.33. The average molecular weight is 286 g/mol. The fourth-order valence-corrected chi connectivity index (χ4v) is 1.99. The molecule has 0 unspecified atom stereocenters. The third-order valence-corrected chi connectivity index (χ3v) is 3.07. The summed E-state index contributed by atoms with van der Waals surface area (Å²) < 4.78 is 15.7. The summed E-state index contributed by atoms with van der Waals surface area (Å²) in [6.45, 7) is 0.870. The van der Waals surface area contributed by atoms with E-state index in [0.29, 0.717) is 24.5 Å². The average Bonchev–Trinajstić information content (AvgIpc) is 2.55. The lowest BCUT2D eigenvalue weighted by molar-refractivity contribution is 0.0600. The fraction of sp³-hybridized carbons (Fsp3) is 0.235.